The van der Waals surface area contributed by atoms with Crippen LogP contribution >= 0.6 is 0 Å². The van der Waals surface area contributed by atoms with Gasteiger partial charge in [0.1, 0.15) is 0 Å². The molecular formula is C19H20N2. The molecule has 2 aromatic carbocycles. The van der Waals surface area contributed by atoms with E-state index in [-0.39, 0.29) is 0 Å². The first kappa shape index (κ1) is 12.7. The maximum Gasteiger partial charge on any atom is 0.0562 e. The zero-order valence-corrected chi connectivity index (χ0v) is 12.4. The Kier molecular flexibility index (Phi) is 3.04. The van der Waals surface area contributed by atoms with Crippen LogP contribution in [-0.2, 0) is 13.0 Å². The van der Waals surface area contributed by atoms with Crippen molar-refractivity contribution in [1.29, 1.82) is 0 Å². The first-order valence-electron chi connectivity index (χ1n) is 7.72. The lowest BCUT2D eigenvalue weighted by atomic mass is 9.99. The predicted octanol–water partition coefficient (Wildman–Crippen LogP) is 3.76. The minimum Gasteiger partial charge on any atom is -0.343 e. The average molecular weight is 276 g/mol. The van der Waals surface area contributed by atoms with E-state index in [9.17, 15) is 0 Å². The Bertz CT molecular complexity index is 798. The fourth-order valence-corrected chi connectivity index (χ4v) is 3.47. The van der Waals surface area contributed by atoms with E-state index in [4.69, 9.17) is 0 Å². The third-order valence-corrected chi connectivity index (χ3v) is 4.51. The third-order valence-electron chi connectivity index (χ3n) is 4.51. The molecule has 0 radical (unpaired) electrons. The van der Waals surface area contributed by atoms with Gasteiger partial charge in [-0.25, -0.2) is 0 Å². The van der Waals surface area contributed by atoms with Crippen LogP contribution in [0, 0.1) is 6.92 Å². The second kappa shape index (κ2) is 5.05. The lowest BCUT2D eigenvalue weighted by Gasteiger charge is -2.12. The van der Waals surface area contributed by atoms with Crippen molar-refractivity contribution in [1.82, 2.24) is 9.88 Å². The zero-order valence-electron chi connectivity index (χ0n) is 12.4. The van der Waals surface area contributed by atoms with Crippen LogP contribution in [0.15, 0.2) is 48.5 Å². The Morgan fingerprint density at radius 1 is 0.952 bits per heavy atom. The normalized spacial score (nSPS) is 14.9. The summed E-state index contributed by atoms with van der Waals surface area (Å²) >= 11 is 0. The molecule has 0 amide bonds. The van der Waals surface area contributed by atoms with Crippen molar-refractivity contribution in [3.8, 4) is 11.1 Å². The first-order valence-corrected chi connectivity index (χ1v) is 7.72. The van der Waals surface area contributed by atoms with Crippen molar-refractivity contribution >= 4 is 10.9 Å². The highest BCUT2D eigenvalue weighted by Gasteiger charge is 2.15. The summed E-state index contributed by atoms with van der Waals surface area (Å²) in [4.78, 5) is 0. The van der Waals surface area contributed by atoms with Crippen molar-refractivity contribution in [3.63, 3.8) is 0 Å². The van der Waals surface area contributed by atoms with Crippen LogP contribution in [0.5, 0.6) is 0 Å². The molecule has 4 rings (SSSR count). The van der Waals surface area contributed by atoms with Gasteiger partial charge in [-0.05, 0) is 24.1 Å². The monoisotopic (exact) mass is 276 g/mol. The Morgan fingerprint density at radius 3 is 2.71 bits per heavy atom. The quantitative estimate of drug-likeness (QED) is 0.716. The zero-order chi connectivity index (χ0) is 14.2. The Morgan fingerprint density at radius 2 is 1.81 bits per heavy atom. The molecule has 1 aromatic heterocycles. The Balaban J connectivity index is 2.02. The smallest absolute Gasteiger partial charge is 0.0562 e. The number of aryl methyl sites for hydroxylation is 1. The minimum absolute atomic E-state index is 1.05. The first-order chi connectivity index (χ1) is 10.3. The highest BCUT2D eigenvalue weighted by Crippen LogP contribution is 2.33. The van der Waals surface area contributed by atoms with Gasteiger partial charge in [0.2, 0.25) is 0 Å². The SMILES string of the molecule is Cc1ccccc1-c1cccc2cc3n(c12)CCNCC3. The molecule has 1 aliphatic rings. The standard InChI is InChI=1S/C19H20N2/c1-14-5-2-3-7-17(14)18-8-4-6-15-13-16-9-10-20-11-12-21(16)19(15)18/h2-8,13,20H,9-12H2,1H3. The summed E-state index contributed by atoms with van der Waals surface area (Å²) in [5.41, 5.74) is 6.90. The number of aromatic nitrogens is 1. The topological polar surface area (TPSA) is 17.0 Å². The van der Waals surface area contributed by atoms with Gasteiger partial charge in [-0.15, -0.1) is 0 Å². The molecule has 2 heterocycles. The van der Waals surface area contributed by atoms with Crippen LogP contribution in [0.3, 0.4) is 0 Å². The molecule has 0 bridgehead atoms. The van der Waals surface area contributed by atoms with Crippen LogP contribution in [0.4, 0.5) is 0 Å². The van der Waals surface area contributed by atoms with Crippen molar-refractivity contribution in [2.24, 2.45) is 0 Å². The maximum atomic E-state index is 3.49. The lowest BCUT2D eigenvalue weighted by Crippen LogP contribution is -2.17. The summed E-state index contributed by atoms with van der Waals surface area (Å²) in [7, 11) is 0. The fraction of sp³-hybridized carbons (Fsp3) is 0.263. The average Bonchev–Trinajstić information content (AvgIpc) is 2.70. The van der Waals surface area contributed by atoms with Crippen molar-refractivity contribution in [3.05, 3.63) is 59.8 Å². The van der Waals surface area contributed by atoms with Crippen molar-refractivity contribution in [2.45, 2.75) is 19.9 Å². The van der Waals surface area contributed by atoms with Gasteiger partial charge in [-0.2, -0.15) is 0 Å². The third kappa shape index (κ3) is 2.07. The summed E-state index contributed by atoms with van der Waals surface area (Å²) in [5, 5.41) is 4.86. The van der Waals surface area contributed by atoms with E-state index in [0.29, 0.717) is 0 Å². The number of hydrogen-bond donors (Lipinski definition) is 1. The summed E-state index contributed by atoms with van der Waals surface area (Å²) in [5.74, 6) is 0. The molecule has 2 heteroatoms. The molecule has 3 aromatic rings. The van der Waals surface area contributed by atoms with Crippen molar-refractivity contribution < 1.29 is 0 Å². The molecule has 0 atom stereocenters. The second-order valence-corrected chi connectivity index (χ2v) is 5.85. The van der Waals surface area contributed by atoms with E-state index in [1.807, 2.05) is 0 Å². The van der Waals surface area contributed by atoms with E-state index in [2.05, 4.69) is 65.3 Å². The largest absolute Gasteiger partial charge is 0.343 e. The molecule has 0 aliphatic carbocycles. The van der Waals surface area contributed by atoms with E-state index < -0.39 is 0 Å². The Labute approximate surface area is 125 Å². The van der Waals surface area contributed by atoms with Gasteiger partial charge in [-0.3, -0.25) is 0 Å². The predicted molar refractivity (Wildman–Crippen MR) is 88.7 cm³/mol. The summed E-state index contributed by atoms with van der Waals surface area (Å²) in [6.45, 7) is 5.39. The molecule has 106 valence electrons. The molecule has 2 nitrogen and oxygen atoms in total. The lowest BCUT2D eigenvalue weighted by molar-refractivity contribution is 0.658. The number of para-hydroxylation sites is 1. The minimum atomic E-state index is 1.05. The van der Waals surface area contributed by atoms with Crippen LogP contribution in [-0.4, -0.2) is 17.7 Å². The number of nitrogens with one attached hydrogen (secondary N) is 1. The number of fused-ring (bicyclic) bond motifs is 3. The number of hydrogen-bond acceptors (Lipinski definition) is 1. The van der Waals surface area contributed by atoms with E-state index in [0.717, 1.165) is 26.1 Å². The van der Waals surface area contributed by atoms with Crippen molar-refractivity contribution in [2.75, 3.05) is 13.1 Å². The van der Waals surface area contributed by atoms with Gasteiger partial charge in [0.05, 0.1) is 5.52 Å². The Hall–Kier alpha value is -2.06. The molecule has 0 unspecified atom stereocenters. The second-order valence-electron chi connectivity index (χ2n) is 5.85. The summed E-state index contributed by atoms with van der Waals surface area (Å²) < 4.78 is 2.51. The number of benzene rings is 2. The highest BCUT2D eigenvalue weighted by atomic mass is 15.0. The molecule has 0 saturated carbocycles. The number of nitrogens with zero attached hydrogens (tertiary/aromatic N) is 1. The van der Waals surface area contributed by atoms with Gasteiger partial charge in [-0.1, -0.05) is 42.5 Å². The highest BCUT2D eigenvalue weighted by molar-refractivity contribution is 5.96. The molecule has 1 aliphatic heterocycles. The van der Waals surface area contributed by atoms with Gasteiger partial charge in [0.15, 0.2) is 0 Å². The molecule has 0 spiro atoms. The molecule has 21 heavy (non-hydrogen) atoms. The van der Waals surface area contributed by atoms with E-state index >= 15 is 0 Å². The maximum absolute atomic E-state index is 3.49. The van der Waals surface area contributed by atoms with Gasteiger partial charge >= 0.3 is 0 Å². The molecule has 0 saturated heterocycles. The molecule has 1 N–H and O–H groups in total. The summed E-state index contributed by atoms with van der Waals surface area (Å²) in [6.07, 6.45) is 1.11. The molecular weight excluding hydrogens is 256 g/mol. The van der Waals surface area contributed by atoms with E-state index in [1.54, 1.807) is 0 Å². The van der Waals surface area contributed by atoms with Gasteiger partial charge in [0, 0.05) is 42.7 Å². The van der Waals surface area contributed by atoms with Crippen LogP contribution in [0.25, 0.3) is 22.0 Å². The number of rotatable bonds is 1. The van der Waals surface area contributed by atoms with Gasteiger partial charge in [0.25, 0.3) is 0 Å². The fourth-order valence-electron chi connectivity index (χ4n) is 3.47. The van der Waals surface area contributed by atoms with Crippen LogP contribution < -0.4 is 5.32 Å². The van der Waals surface area contributed by atoms with Gasteiger partial charge < -0.3 is 9.88 Å². The van der Waals surface area contributed by atoms with Crippen LogP contribution in [0.2, 0.25) is 0 Å². The van der Waals surface area contributed by atoms with Crippen LogP contribution in [0.1, 0.15) is 11.3 Å². The summed E-state index contributed by atoms with van der Waals surface area (Å²) in [6, 6.07) is 17.7. The van der Waals surface area contributed by atoms with E-state index in [1.165, 1.54) is 33.3 Å². The molecule has 0 fully saturated rings.